The molecule has 1 N–H and O–H groups in total. The fourth-order valence-electron chi connectivity index (χ4n) is 2.33. The topological polar surface area (TPSA) is 37.8 Å². The molecule has 0 bridgehead atoms. The summed E-state index contributed by atoms with van der Waals surface area (Å²) in [6.07, 6.45) is 6.97. The molecule has 0 fully saturated rings. The number of imidazole rings is 1. The predicted molar refractivity (Wildman–Crippen MR) is 60.4 cm³/mol. The minimum Gasteiger partial charge on any atom is -0.313 e. The molecule has 1 aliphatic rings. The molecule has 0 aromatic carbocycles. The van der Waals surface area contributed by atoms with E-state index in [-0.39, 0.29) is 11.7 Å². The number of thiophene rings is 1. The van der Waals surface area contributed by atoms with Crippen LogP contribution >= 0.6 is 11.3 Å². The van der Waals surface area contributed by atoms with E-state index < -0.39 is 0 Å². The zero-order chi connectivity index (χ0) is 10.3. The molecule has 2 aromatic rings. The Bertz CT molecular complexity index is 522. The van der Waals surface area contributed by atoms with Gasteiger partial charge in [0, 0.05) is 17.3 Å². The Kier molecular flexibility index (Phi) is 2.02. The van der Waals surface area contributed by atoms with E-state index >= 15 is 0 Å². The Morgan fingerprint density at radius 2 is 2.47 bits per heavy atom. The highest BCUT2D eigenvalue weighted by Gasteiger charge is 2.23. The molecular formula is C11H12N2OS. The highest BCUT2D eigenvalue weighted by molar-refractivity contribution is 7.10. The zero-order valence-electron chi connectivity index (χ0n) is 8.27. The number of fused-ring (bicyclic) bond motifs is 1. The summed E-state index contributed by atoms with van der Waals surface area (Å²) in [5.74, 6) is 0. The van der Waals surface area contributed by atoms with Crippen molar-refractivity contribution in [1.82, 2.24) is 9.55 Å². The number of rotatable bonds is 1. The van der Waals surface area contributed by atoms with Crippen LogP contribution in [0.4, 0.5) is 0 Å². The molecule has 3 rings (SSSR count). The highest BCUT2D eigenvalue weighted by Crippen LogP contribution is 2.34. The minimum absolute atomic E-state index is 0.000880. The molecule has 4 heteroatoms. The summed E-state index contributed by atoms with van der Waals surface area (Å²) in [6.45, 7) is 0. The van der Waals surface area contributed by atoms with Crippen LogP contribution in [-0.4, -0.2) is 9.55 Å². The summed E-state index contributed by atoms with van der Waals surface area (Å²) < 4.78 is 1.81. The van der Waals surface area contributed by atoms with Gasteiger partial charge in [-0.15, -0.1) is 11.3 Å². The van der Waals surface area contributed by atoms with Crippen LogP contribution in [0.1, 0.15) is 29.3 Å². The molecule has 78 valence electrons. The number of aryl methyl sites for hydroxylation is 1. The summed E-state index contributed by atoms with van der Waals surface area (Å²) in [4.78, 5) is 15.7. The molecule has 0 radical (unpaired) electrons. The third-order valence-electron chi connectivity index (χ3n) is 3.03. The minimum atomic E-state index is -0.000880. The standard InChI is InChI=1S/C11H12N2OS/c14-11-12-5-6-13(11)9-2-1-3-10-8(9)4-7-15-10/h4-7,9H,1-3H2,(H,12,14). The maximum Gasteiger partial charge on any atom is 0.326 e. The van der Waals surface area contributed by atoms with E-state index in [4.69, 9.17) is 0 Å². The Labute approximate surface area is 91.4 Å². The van der Waals surface area contributed by atoms with Crippen LogP contribution in [-0.2, 0) is 6.42 Å². The summed E-state index contributed by atoms with van der Waals surface area (Å²) >= 11 is 1.81. The van der Waals surface area contributed by atoms with Gasteiger partial charge in [0.05, 0.1) is 6.04 Å². The largest absolute Gasteiger partial charge is 0.326 e. The zero-order valence-corrected chi connectivity index (χ0v) is 9.09. The molecule has 1 unspecified atom stereocenters. The SMILES string of the molecule is O=c1[nH]ccn1C1CCCc2sccc21. The number of hydrogen-bond acceptors (Lipinski definition) is 2. The van der Waals surface area contributed by atoms with Crippen LogP contribution < -0.4 is 5.69 Å². The molecule has 0 saturated heterocycles. The summed E-state index contributed by atoms with van der Waals surface area (Å²) in [7, 11) is 0. The van der Waals surface area contributed by atoms with E-state index in [0.717, 1.165) is 6.42 Å². The van der Waals surface area contributed by atoms with Crippen molar-refractivity contribution in [2.24, 2.45) is 0 Å². The molecule has 3 nitrogen and oxygen atoms in total. The lowest BCUT2D eigenvalue weighted by Crippen LogP contribution is -2.24. The monoisotopic (exact) mass is 220 g/mol. The van der Waals surface area contributed by atoms with E-state index in [1.165, 1.54) is 23.3 Å². The molecule has 0 aliphatic heterocycles. The smallest absolute Gasteiger partial charge is 0.313 e. The highest BCUT2D eigenvalue weighted by atomic mass is 32.1. The van der Waals surface area contributed by atoms with Gasteiger partial charge >= 0.3 is 5.69 Å². The first kappa shape index (κ1) is 8.97. The van der Waals surface area contributed by atoms with E-state index in [2.05, 4.69) is 16.4 Å². The van der Waals surface area contributed by atoms with Crippen molar-refractivity contribution in [2.75, 3.05) is 0 Å². The van der Waals surface area contributed by atoms with Gasteiger partial charge in [0.2, 0.25) is 0 Å². The third-order valence-corrected chi connectivity index (χ3v) is 4.03. The Morgan fingerprint density at radius 3 is 3.27 bits per heavy atom. The third kappa shape index (κ3) is 1.36. The lowest BCUT2D eigenvalue weighted by molar-refractivity contribution is 0.484. The van der Waals surface area contributed by atoms with Crippen LogP contribution in [0.5, 0.6) is 0 Å². The number of nitrogens with zero attached hydrogens (tertiary/aromatic N) is 1. The second-order valence-corrected chi connectivity index (χ2v) is 4.88. The van der Waals surface area contributed by atoms with Gasteiger partial charge in [-0.05, 0) is 36.3 Å². The number of nitrogens with one attached hydrogen (secondary N) is 1. The van der Waals surface area contributed by atoms with Gasteiger partial charge in [0.25, 0.3) is 0 Å². The second kappa shape index (κ2) is 3.38. The molecule has 2 aromatic heterocycles. The molecule has 0 saturated carbocycles. The van der Waals surface area contributed by atoms with Crippen molar-refractivity contribution in [3.63, 3.8) is 0 Å². The normalized spacial score (nSPS) is 20.1. The maximum atomic E-state index is 11.6. The number of hydrogen-bond donors (Lipinski definition) is 1. The van der Waals surface area contributed by atoms with Gasteiger partial charge in [-0.25, -0.2) is 4.79 Å². The van der Waals surface area contributed by atoms with Gasteiger partial charge in [-0.3, -0.25) is 4.57 Å². The van der Waals surface area contributed by atoms with E-state index in [1.54, 1.807) is 17.5 Å². The average Bonchev–Trinajstić information content (AvgIpc) is 2.85. The van der Waals surface area contributed by atoms with Crippen LogP contribution in [0.25, 0.3) is 0 Å². The second-order valence-electron chi connectivity index (χ2n) is 3.88. The fraction of sp³-hybridized carbons (Fsp3) is 0.364. The summed E-state index contributed by atoms with van der Waals surface area (Å²) in [6, 6.07) is 2.40. The van der Waals surface area contributed by atoms with Crippen molar-refractivity contribution >= 4 is 11.3 Å². The Hall–Kier alpha value is -1.29. The van der Waals surface area contributed by atoms with Crippen molar-refractivity contribution in [1.29, 1.82) is 0 Å². The van der Waals surface area contributed by atoms with Gasteiger partial charge in [-0.2, -0.15) is 0 Å². The predicted octanol–water partition coefficient (Wildman–Crippen LogP) is 2.16. The van der Waals surface area contributed by atoms with E-state index in [1.807, 2.05) is 10.8 Å². The van der Waals surface area contributed by atoms with Crippen molar-refractivity contribution in [3.8, 4) is 0 Å². The molecule has 0 amide bonds. The van der Waals surface area contributed by atoms with Gasteiger partial charge in [-0.1, -0.05) is 0 Å². The first-order valence-corrected chi connectivity index (χ1v) is 6.06. The quantitative estimate of drug-likeness (QED) is 0.785. The van der Waals surface area contributed by atoms with Crippen molar-refractivity contribution in [2.45, 2.75) is 25.3 Å². The number of H-pyrrole nitrogens is 1. The van der Waals surface area contributed by atoms with Crippen molar-refractivity contribution in [3.05, 3.63) is 44.8 Å². The van der Waals surface area contributed by atoms with Crippen molar-refractivity contribution < 1.29 is 0 Å². The van der Waals surface area contributed by atoms with Gasteiger partial charge < -0.3 is 4.98 Å². The van der Waals surface area contributed by atoms with Crippen LogP contribution in [0.15, 0.2) is 28.6 Å². The molecular weight excluding hydrogens is 208 g/mol. The van der Waals surface area contributed by atoms with Gasteiger partial charge in [0.15, 0.2) is 0 Å². The fourth-order valence-corrected chi connectivity index (χ4v) is 3.31. The molecule has 1 aliphatic carbocycles. The lowest BCUT2D eigenvalue weighted by atomic mass is 9.94. The number of aromatic nitrogens is 2. The molecule has 2 heterocycles. The molecule has 0 spiro atoms. The van der Waals surface area contributed by atoms with E-state index in [0.29, 0.717) is 0 Å². The maximum absolute atomic E-state index is 11.6. The van der Waals surface area contributed by atoms with Crippen LogP contribution in [0.3, 0.4) is 0 Å². The van der Waals surface area contributed by atoms with Gasteiger partial charge in [0.1, 0.15) is 0 Å². The average molecular weight is 220 g/mol. The Balaban J connectivity index is 2.11. The molecule has 1 atom stereocenters. The first-order chi connectivity index (χ1) is 7.36. The summed E-state index contributed by atoms with van der Waals surface area (Å²) in [5.41, 5.74) is 1.34. The van der Waals surface area contributed by atoms with Crippen LogP contribution in [0.2, 0.25) is 0 Å². The Morgan fingerprint density at radius 1 is 1.53 bits per heavy atom. The summed E-state index contributed by atoms with van der Waals surface area (Å²) in [5, 5.41) is 2.13. The number of aromatic amines is 1. The lowest BCUT2D eigenvalue weighted by Gasteiger charge is -2.22. The van der Waals surface area contributed by atoms with Crippen LogP contribution in [0, 0.1) is 0 Å². The van der Waals surface area contributed by atoms with E-state index in [9.17, 15) is 4.79 Å². The first-order valence-electron chi connectivity index (χ1n) is 5.18. The molecule has 15 heavy (non-hydrogen) atoms.